The molecule has 0 amide bonds. The van der Waals surface area contributed by atoms with Crippen molar-refractivity contribution in [2.75, 3.05) is 24.6 Å². The Morgan fingerprint density at radius 3 is 2.62 bits per heavy atom. The predicted octanol–water partition coefficient (Wildman–Crippen LogP) is 2.16. The molecule has 1 aromatic rings. The topological polar surface area (TPSA) is 44.7 Å². The Balaban J connectivity index is 2.05. The number of hydrogen-bond donors (Lipinski definition) is 2. The van der Waals surface area contributed by atoms with Crippen LogP contribution in [0.2, 0.25) is 0 Å². The first-order valence-corrected chi connectivity index (χ1v) is 7.92. The number of nitrogens with zero attached hydrogens (tertiary/aromatic N) is 1. The molecule has 4 heteroatoms. The number of morpholine rings is 1. The third-order valence-electron chi connectivity index (χ3n) is 3.95. The zero-order valence-electron chi connectivity index (χ0n) is 13.4. The van der Waals surface area contributed by atoms with E-state index in [9.17, 15) is 0 Å². The number of nitrogens with one attached hydrogen (secondary N) is 1. The maximum Gasteiger partial charge on any atom is 0.0726 e. The highest BCUT2D eigenvalue weighted by Crippen LogP contribution is 2.24. The van der Waals surface area contributed by atoms with Gasteiger partial charge in [0.1, 0.15) is 0 Å². The normalized spacial score (nSPS) is 24.1. The fourth-order valence-electron chi connectivity index (χ4n) is 2.92. The molecule has 1 aromatic carbocycles. The van der Waals surface area contributed by atoms with Gasteiger partial charge in [-0.2, -0.15) is 0 Å². The molecule has 1 heterocycles. The number of aliphatic hydroxyl groups excluding tert-OH is 1. The van der Waals surface area contributed by atoms with Crippen LogP contribution in [0.1, 0.15) is 32.8 Å². The van der Waals surface area contributed by atoms with Crippen molar-refractivity contribution in [3.63, 3.8) is 0 Å². The van der Waals surface area contributed by atoms with Gasteiger partial charge in [-0.3, -0.25) is 0 Å². The smallest absolute Gasteiger partial charge is 0.0726 e. The van der Waals surface area contributed by atoms with Crippen molar-refractivity contribution in [2.24, 2.45) is 0 Å². The molecule has 1 aliphatic rings. The first-order valence-electron chi connectivity index (χ1n) is 7.92. The van der Waals surface area contributed by atoms with Crippen molar-refractivity contribution in [2.45, 2.75) is 52.0 Å². The number of rotatable bonds is 6. The van der Waals surface area contributed by atoms with Gasteiger partial charge < -0.3 is 20.1 Å². The second-order valence-corrected chi connectivity index (χ2v) is 6.09. The first-order chi connectivity index (χ1) is 10.1. The van der Waals surface area contributed by atoms with Crippen molar-refractivity contribution in [1.29, 1.82) is 0 Å². The number of ether oxygens (including phenoxy) is 1. The molecule has 118 valence electrons. The Morgan fingerprint density at radius 2 is 1.95 bits per heavy atom. The van der Waals surface area contributed by atoms with Gasteiger partial charge in [0, 0.05) is 38.0 Å². The number of anilines is 1. The Bertz CT molecular complexity index is 429. The molecule has 4 nitrogen and oxygen atoms in total. The van der Waals surface area contributed by atoms with E-state index in [4.69, 9.17) is 9.84 Å². The minimum atomic E-state index is 0.230. The summed E-state index contributed by atoms with van der Waals surface area (Å²) in [6.45, 7) is 9.31. The summed E-state index contributed by atoms with van der Waals surface area (Å²) < 4.78 is 5.82. The summed E-state index contributed by atoms with van der Waals surface area (Å²) in [6, 6.07) is 8.88. The minimum Gasteiger partial charge on any atom is -0.396 e. The molecule has 2 rings (SSSR count). The predicted molar refractivity (Wildman–Crippen MR) is 86.7 cm³/mol. The summed E-state index contributed by atoms with van der Waals surface area (Å²) in [6.07, 6.45) is 1.32. The maximum atomic E-state index is 8.99. The van der Waals surface area contributed by atoms with Gasteiger partial charge in [0.05, 0.1) is 12.2 Å². The van der Waals surface area contributed by atoms with Crippen LogP contribution in [0.15, 0.2) is 24.3 Å². The van der Waals surface area contributed by atoms with Crippen LogP contribution in [-0.2, 0) is 11.3 Å². The van der Waals surface area contributed by atoms with Gasteiger partial charge in [-0.05, 0) is 38.8 Å². The largest absolute Gasteiger partial charge is 0.396 e. The van der Waals surface area contributed by atoms with Crippen molar-refractivity contribution >= 4 is 5.69 Å². The summed E-state index contributed by atoms with van der Waals surface area (Å²) in [5, 5.41) is 12.5. The van der Waals surface area contributed by atoms with E-state index in [1.165, 1.54) is 11.3 Å². The average molecular weight is 292 g/mol. The highest BCUT2D eigenvalue weighted by atomic mass is 16.5. The lowest BCUT2D eigenvalue weighted by atomic mass is 10.1. The molecular formula is C17H28N2O2. The summed E-state index contributed by atoms with van der Waals surface area (Å²) in [7, 11) is 0. The molecule has 1 fully saturated rings. The molecule has 0 saturated carbocycles. The molecule has 1 saturated heterocycles. The second-order valence-electron chi connectivity index (χ2n) is 6.09. The second kappa shape index (κ2) is 7.78. The quantitative estimate of drug-likeness (QED) is 0.843. The average Bonchev–Trinajstić information content (AvgIpc) is 2.45. The van der Waals surface area contributed by atoms with Crippen LogP contribution in [0.25, 0.3) is 0 Å². The van der Waals surface area contributed by atoms with Gasteiger partial charge in [0.25, 0.3) is 0 Å². The van der Waals surface area contributed by atoms with E-state index < -0.39 is 0 Å². The van der Waals surface area contributed by atoms with Crippen LogP contribution in [0.5, 0.6) is 0 Å². The van der Waals surface area contributed by atoms with Crippen LogP contribution < -0.4 is 10.2 Å². The summed E-state index contributed by atoms with van der Waals surface area (Å²) in [5.41, 5.74) is 2.60. The Hall–Kier alpha value is -1.10. The van der Waals surface area contributed by atoms with Gasteiger partial charge in [-0.15, -0.1) is 0 Å². The standard InChI is InChI=1S/C17H28N2O2/c1-13(8-9-20)18-10-16-6-4-5-7-17(16)19-11-14(2)21-15(3)12-19/h4-7,13-15,18,20H,8-12H2,1-3H3. The SMILES string of the molecule is CC(CCO)NCc1ccccc1N1CC(C)OC(C)C1. The van der Waals surface area contributed by atoms with Crippen LogP contribution in [0.3, 0.4) is 0 Å². The molecular weight excluding hydrogens is 264 g/mol. The molecule has 0 spiro atoms. The van der Waals surface area contributed by atoms with E-state index in [1.54, 1.807) is 0 Å². The minimum absolute atomic E-state index is 0.230. The van der Waals surface area contributed by atoms with Gasteiger partial charge in [-0.25, -0.2) is 0 Å². The lowest BCUT2D eigenvalue weighted by molar-refractivity contribution is -0.00526. The van der Waals surface area contributed by atoms with E-state index >= 15 is 0 Å². The molecule has 0 bridgehead atoms. The number of hydrogen-bond acceptors (Lipinski definition) is 4. The van der Waals surface area contributed by atoms with E-state index in [0.29, 0.717) is 6.04 Å². The molecule has 2 N–H and O–H groups in total. The molecule has 1 aliphatic heterocycles. The first kappa shape index (κ1) is 16.3. The van der Waals surface area contributed by atoms with E-state index in [2.05, 4.69) is 55.3 Å². The molecule has 0 aromatic heterocycles. The summed E-state index contributed by atoms with van der Waals surface area (Å²) >= 11 is 0. The highest BCUT2D eigenvalue weighted by molar-refractivity contribution is 5.54. The van der Waals surface area contributed by atoms with Crippen molar-refractivity contribution < 1.29 is 9.84 Å². The maximum absolute atomic E-state index is 8.99. The zero-order chi connectivity index (χ0) is 15.2. The highest BCUT2D eigenvalue weighted by Gasteiger charge is 2.23. The zero-order valence-corrected chi connectivity index (χ0v) is 13.4. The molecule has 3 unspecified atom stereocenters. The fourth-order valence-corrected chi connectivity index (χ4v) is 2.92. The molecule has 21 heavy (non-hydrogen) atoms. The number of benzene rings is 1. The Kier molecular flexibility index (Phi) is 6.03. The van der Waals surface area contributed by atoms with Gasteiger partial charge in [0.2, 0.25) is 0 Å². The van der Waals surface area contributed by atoms with Crippen LogP contribution in [0, 0.1) is 0 Å². The van der Waals surface area contributed by atoms with Crippen LogP contribution >= 0.6 is 0 Å². The third kappa shape index (κ3) is 4.70. The Morgan fingerprint density at radius 1 is 1.29 bits per heavy atom. The third-order valence-corrected chi connectivity index (χ3v) is 3.95. The summed E-state index contributed by atoms with van der Waals surface area (Å²) in [5.74, 6) is 0. The molecule has 3 atom stereocenters. The van der Waals surface area contributed by atoms with E-state index in [-0.39, 0.29) is 18.8 Å². The van der Waals surface area contributed by atoms with E-state index in [1.807, 2.05) is 0 Å². The number of aliphatic hydroxyl groups is 1. The van der Waals surface area contributed by atoms with Gasteiger partial charge >= 0.3 is 0 Å². The van der Waals surface area contributed by atoms with Crippen LogP contribution in [-0.4, -0.2) is 43.1 Å². The lowest BCUT2D eigenvalue weighted by Gasteiger charge is -2.38. The van der Waals surface area contributed by atoms with Gasteiger partial charge in [-0.1, -0.05) is 18.2 Å². The van der Waals surface area contributed by atoms with Crippen molar-refractivity contribution in [3.05, 3.63) is 29.8 Å². The van der Waals surface area contributed by atoms with Crippen LogP contribution in [0.4, 0.5) is 5.69 Å². The van der Waals surface area contributed by atoms with E-state index in [0.717, 1.165) is 26.1 Å². The van der Waals surface area contributed by atoms with Gasteiger partial charge in [0.15, 0.2) is 0 Å². The van der Waals surface area contributed by atoms with Crippen molar-refractivity contribution in [3.8, 4) is 0 Å². The fraction of sp³-hybridized carbons (Fsp3) is 0.647. The Labute approximate surface area is 128 Å². The molecule has 0 aliphatic carbocycles. The lowest BCUT2D eigenvalue weighted by Crippen LogP contribution is -2.46. The molecule has 0 radical (unpaired) electrons. The monoisotopic (exact) mass is 292 g/mol. The number of para-hydroxylation sites is 1. The summed E-state index contributed by atoms with van der Waals surface area (Å²) in [4.78, 5) is 2.42. The van der Waals surface area contributed by atoms with Crippen molar-refractivity contribution in [1.82, 2.24) is 5.32 Å².